The molecule has 24 heavy (non-hydrogen) atoms. The van der Waals surface area contributed by atoms with Crippen LogP contribution in [0.2, 0.25) is 10.0 Å². The molecule has 0 bridgehead atoms. The second-order valence-electron chi connectivity index (χ2n) is 4.84. The van der Waals surface area contributed by atoms with Gasteiger partial charge in [-0.3, -0.25) is 0 Å². The minimum atomic E-state index is -0.325. The van der Waals surface area contributed by atoms with Crippen LogP contribution in [0.5, 0.6) is 0 Å². The third-order valence-electron chi connectivity index (χ3n) is 3.20. The molecule has 0 saturated heterocycles. The van der Waals surface area contributed by atoms with Gasteiger partial charge < -0.3 is 16.4 Å². The zero-order valence-corrected chi connectivity index (χ0v) is 13.7. The van der Waals surface area contributed by atoms with Crippen molar-refractivity contribution < 1.29 is 4.39 Å². The molecular weight excluding hydrogens is 352 g/mol. The number of aromatic nitrogens is 2. The van der Waals surface area contributed by atoms with Crippen molar-refractivity contribution in [2.45, 2.75) is 0 Å². The van der Waals surface area contributed by atoms with E-state index in [1.54, 1.807) is 30.3 Å². The predicted molar refractivity (Wildman–Crippen MR) is 95.9 cm³/mol. The highest BCUT2D eigenvalue weighted by Crippen LogP contribution is 2.34. The van der Waals surface area contributed by atoms with E-state index in [4.69, 9.17) is 28.9 Å². The average Bonchev–Trinajstić information content (AvgIpc) is 2.57. The third kappa shape index (κ3) is 3.50. The lowest BCUT2D eigenvalue weighted by Crippen LogP contribution is -2.05. The lowest BCUT2D eigenvalue weighted by atomic mass is 10.3. The molecule has 3 rings (SSSR count). The van der Waals surface area contributed by atoms with Crippen molar-refractivity contribution in [1.29, 1.82) is 0 Å². The van der Waals surface area contributed by atoms with E-state index in [-0.39, 0.29) is 11.5 Å². The van der Waals surface area contributed by atoms with Crippen molar-refractivity contribution in [2.24, 2.45) is 0 Å². The molecule has 0 saturated carbocycles. The molecule has 5 nitrogen and oxygen atoms in total. The first kappa shape index (κ1) is 16.3. The normalized spacial score (nSPS) is 10.5. The standard InChI is InChI=1S/C16H12Cl2FN5/c17-11-2-1-3-12(13(11)18)24-16-14(20)15(21-8-22-16)23-10-6-4-9(19)5-7-10/h1-8H,20H2,(H2,21,22,23,24). The number of nitrogen functional groups attached to an aromatic ring is 1. The number of nitrogens with one attached hydrogen (secondary N) is 2. The first-order chi connectivity index (χ1) is 11.5. The highest BCUT2D eigenvalue weighted by atomic mass is 35.5. The van der Waals surface area contributed by atoms with Gasteiger partial charge in [0.15, 0.2) is 11.6 Å². The third-order valence-corrected chi connectivity index (χ3v) is 4.01. The first-order valence-corrected chi connectivity index (χ1v) is 7.64. The number of rotatable bonds is 4. The van der Waals surface area contributed by atoms with Crippen molar-refractivity contribution in [1.82, 2.24) is 9.97 Å². The van der Waals surface area contributed by atoms with Gasteiger partial charge in [0, 0.05) is 5.69 Å². The van der Waals surface area contributed by atoms with E-state index in [0.717, 1.165) is 0 Å². The molecule has 0 aliphatic heterocycles. The SMILES string of the molecule is Nc1c(Nc2ccc(F)cc2)ncnc1Nc1cccc(Cl)c1Cl. The van der Waals surface area contributed by atoms with Gasteiger partial charge in [0.2, 0.25) is 0 Å². The van der Waals surface area contributed by atoms with Crippen LogP contribution in [0, 0.1) is 5.82 Å². The Morgan fingerprint density at radius 3 is 2.29 bits per heavy atom. The van der Waals surface area contributed by atoms with Gasteiger partial charge in [0.25, 0.3) is 0 Å². The van der Waals surface area contributed by atoms with Gasteiger partial charge in [-0.1, -0.05) is 29.3 Å². The molecule has 0 atom stereocenters. The summed E-state index contributed by atoms with van der Waals surface area (Å²) in [5, 5.41) is 6.82. The Morgan fingerprint density at radius 1 is 0.917 bits per heavy atom. The number of hydrogen-bond donors (Lipinski definition) is 3. The largest absolute Gasteiger partial charge is 0.393 e. The average molecular weight is 364 g/mol. The van der Waals surface area contributed by atoms with Gasteiger partial charge in [-0.25, -0.2) is 14.4 Å². The van der Waals surface area contributed by atoms with Crippen LogP contribution in [0.1, 0.15) is 0 Å². The van der Waals surface area contributed by atoms with Crippen LogP contribution >= 0.6 is 23.2 Å². The quantitative estimate of drug-likeness (QED) is 0.608. The number of benzene rings is 2. The van der Waals surface area contributed by atoms with E-state index >= 15 is 0 Å². The van der Waals surface area contributed by atoms with Crippen LogP contribution < -0.4 is 16.4 Å². The predicted octanol–water partition coefficient (Wildman–Crippen LogP) is 4.99. The van der Waals surface area contributed by atoms with Gasteiger partial charge in [-0.05, 0) is 36.4 Å². The van der Waals surface area contributed by atoms with Crippen LogP contribution in [0.25, 0.3) is 0 Å². The fourth-order valence-corrected chi connectivity index (χ4v) is 2.34. The molecule has 4 N–H and O–H groups in total. The summed E-state index contributed by atoms with van der Waals surface area (Å²) in [5.74, 6) is 0.435. The molecule has 1 aromatic heterocycles. The second kappa shape index (κ2) is 6.90. The maximum atomic E-state index is 13.0. The molecule has 8 heteroatoms. The van der Waals surface area contributed by atoms with E-state index in [2.05, 4.69) is 20.6 Å². The molecule has 0 aliphatic carbocycles. The number of halogens is 3. The van der Waals surface area contributed by atoms with Gasteiger partial charge >= 0.3 is 0 Å². The first-order valence-electron chi connectivity index (χ1n) is 6.88. The topological polar surface area (TPSA) is 75.9 Å². The fraction of sp³-hybridized carbons (Fsp3) is 0. The Morgan fingerprint density at radius 2 is 1.58 bits per heavy atom. The number of hydrogen-bond acceptors (Lipinski definition) is 5. The summed E-state index contributed by atoms with van der Waals surface area (Å²) >= 11 is 12.1. The molecule has 0 fully saturated rings. The van der Waals surface area contributed by atoms with Crippen LogP contribution in [-0.4, -0.2) is 9.97 Å². The molecule has 0 aliphatic rings. The smallest absolute Gasteiger partial charge is 0.159 e. The second-order valence-corrected chi connectivity index (χ2v) is 5.63. The Bertz CT molecular complexity index is 871. The minimum absolute atomic E-state index is 0.290. The van der Waals surface area contributed by atoms with Gasteiger partial charge in [-0.15, -0.1) is 0 Å². The van der Waals surface area contributed by atoms with Crippen LogP contribution in [0.4, 0.5) is 33.1 Å². The van der Waals surface area contributed by atoms with Crippen molar-refractivity contribution in [3.8, 4) is 0 Å². The van der Waals surface area contributed by atoms with Crippen molar-refractivity contribution in [2.75, 3.05) is 16.4 Å². The molecule has 3 aromatic rings. The molecule has 122 valence electrons. The molecule has 0 radical (unpaired) electrons. The monoisotopic (exact) mass is 363 g/mol. The zero-order chi connectivity index (χ0) is 17.1. The van der Waals surface area contributed by atoms with Crippen LogP contribution in [0.15, 0.2) is 48.8 Å². The van der Waals surface area contributed by atoms with Crippen LogP contribution in [0.3, 0.4) is 0 Å². The summed E-state index contributed by atoms with van der Waals surface area (Å²) < 4.78 is 13.0. The molecule has 0 spiro atoms. The summed E-state index contributed by atoms with van der Waals surface area (Å²) in [6, 6.07) is 11.0. The highest BCUT2D eigenvalue weighted by molar-refractivity contribution is 6.43. The van der Waals surface area contributed by atoms with E-state index in [9.17, 15) is 4.39 Å². The number of nitrogens with zero attached hydrogens (tertiary/aromatic N) is 2. The number of nitrogens with two attached hydrogens (primary N) is 1. The Kier molecular flexibility index (Phi) is 4.69. The maximum Gasteiger partial charge on any atom is 0.159 e. The zero-order valence-electron chi connectivity index (χ0n) is 12.2. The molecule has 2 aromatic carbocycles. The van der Waals surface area contributed by atoms with E-state index in [1.807, 2.05) is 0 Å². The fourth-order valence-electron chi connectivity index (χ4n) is 1.99. The van der Waals surface area contributed by atoms with Gasteiger partial charge in [0.1, 0.15) is 17.8 Å². The van der Waals surface area contributed by atoms with Crippen molar-refractivity contribution in [3.05, 3.63) is 64.7 Å². The summed E-state index contributed by atoms with van der Waals surface area (Å²) in [4.78, 5) is 8.21. The summed E-state index contributed by atoms with van der Waals surface area (Å²) in [6.45, 7) is 0. The molecule has 1 heterocycles. The lowest BCUT2D eigenvalue weighted by molar-refractivity contribution is 0.628. The van der Waals surface area contributed by atoms with Gasteiger partial charge in [-0.2, -0.15) is 0 Å². The summed E-state index contributed by atoms with van der Waals surface area (Å²) in [5.41, 5.74) is 7.60. The number of anilines is 5. The van der Waals surface area contributed by atoms with E-state index < -0.39 is 0 Å². The maximum absolute atomic E-state index is 13.0. The highest BCUT2D eigenvalue weighted by Gasteiger charge is 2.11. The molecular formula is C16H12Cl2FN5. The Balaban J connectivity index is 1.88. The molecule has 0 unspecified atom stereocenters. The van der Waals surface area contributed by atoms with Crippen molar-refractivity contribution in [3.63, 3.8) is 0 Å². The van der Waals surface area contributed by atoms with E-state index in [1.165, 1.54) is 18.5 Å². The Labute approximate surface area is 147 Å². The minimum Gasteiger partial charge on any atom is -0.393 e. The van der Waals surface area contributed by atoms with E-state index in [0.29, 0.717) is 33.1 Å². The summed E-state index contributed by atoms with van der Waals surface area (Å²) in [6.07, 6.45) is 1.35. The molecule has 0 amide bonds. The Hall–Kier alpha value is -2.57. The van der Waals surface area contributed by atoms with Crippen molar-refractivity contribution >= 4 is 51.9 Å². The summed E-state index contributed by atoms with van der Waals surface area (Å²) in [7, 11) is 0. The van der Waals surface area contributed by atoms with Gasteiger partial charge in [0.05, 0.1) is 15.7 Å². The lowest BCUT2D eigenvalue weighted by Gasteiger charge is -2.13. The van der Waals surface area contributed by atoms with Crippen LogP contribution in [-0.2, 0) is 0 Å².